The maximum absolute atomic E-state index is 10.6. The number of hydrogen-bond donors (Lipinski definition) is 2. The Balaban J connectivity index is 3.50. The van der Waals surface area contributed by atoms with Crippen LogP contribution in [0.1, 0.15) is 15.9 Å². The predicted molar refractivity (Wildman–Crippen MR) is 47.5 cm³/mol. The third-order valence-corrected chi connectivity index (χ3v) is 1.84. The van der Waals surface area contributed by atoms with Crippen LogP contribution in [0.3, 0.4) is 0 Å². The largest absolute Gasteiger partial charge is 0.478 e. The number of nitrogens with two attached hydrogens (primary N) is 1. The Morgan fingerprint density at radius 1 is 1.62 bits per heavy atom. The second kappa shape index (κ2) is 3.33. The third-order valence-electron chi connectivity index (χ3n) is 1.53. The number of anilines is 1. The average molecular weight is 197 g/mol. The highest BCUT2D eigenvalue weighted by molar-refractivity contribution is 6.34. The highest BCUT2D eigenvalue weighted by atomic mass is 35.5. The molecule has 0 heterocycles. The molecule has 0 aliphatic rings. The maximum atomic E-state index is 10.6. The van der Waals surface area contributed by atoms with Gasteiger partial charge in [0.05, 0.1) is 16.3 Å². The van der Waals surface area contributed by atoms with Gasteiger partial charge in [-0.3, -0.25) is 0 Å². The molecular weight excluding hydrogens is 192 g/mol. The number of carboxylic acid groups (broad SMARTS) is 1. The van der Waals surface area contributed by atoms with Gasteiger partial charge in [0.1, 0.15) is 11.6 Å². The van der Waals surface area contributed by atoms with Crippen LogP contribution >= 0.6 is 11.6 Å². The monoisotopic (exact) mass is 196 g/mol. The molecule has 0 atom stereocenters. The van der Waals surface area contributed by atoms with Gasteiger partial charge in [-0.25, -0.2) is 4.79 Å². The molecule has 0 aliphatic carbocycles. The highest BCUT2D eigenvalue weighted by Crippen LogP contribution is 2.25. The van der Waals surface area contributed by atoms with Crippen LogP contribution in [-0.2, 0) is 0 Å². The van der Waals surface area contributed by atoms with E-state index in [2.05, 4.69) is 0 Å². The van der Waals surface area contributed by atoms with Crippen molar-refractivity contribution in [1.82, 2.24) is 0 Å². The maximum Gasteiger partial charge on any atom is 0.339 e. The van der Waals surface area contributed by atoms with Gasteiger partial charge >= 0.3 is 5.97 Å². The summed E-state index contributed by atoms with van der Waals surface area (Å²) in [5.74, 6) is -1.24. The van der Waals surface area contributed by atoms with Crippen LogP contribution in [0.2, 0.25) is 5.02 Å². The summed E-state index contributed by atoms with van der Waals surface area (Å²) in [6.07, 6.45) is 0. The molecule has 1 aromatic rings. The molecule has 5 heteroatoms. The lowest BCUT2D eigenvalue weighted by Crippen LogP contribution is -2.05. The van der Waals surface area contributed by atoms with Gasteiger partial charge in [-0.05, 0) is 12.1 Å². The van der Waals surface area contributed by atoms with E-state index < -0.39 is 5.97 Å². The molecule has 0 saturated heterocycles. The Kier molecular flexibility index (Phi) is 2.40. The van der Waals surface area contributed by atoms with Crippen LogP contribution in [-0.4, -0.2) is 11.1 Å². The first-order valence-corrected chi connectivity index (χ1v) is 3.67. The van der Waals surface area contributed by atoms with Crippen molar-refractivity contribution in [3.05, 3.63) is 28.3 Å². The van der Waals surface area contributed by atoms with E-state index in [1.807, 2.05) is 0 Å². The average Bonchev–Trinajstić information content (AvgIpc) is 2.04. The molecule has 0 aromatic heterocycles. The SMILES string of the molecule is N#Cc1ccc(Cl)c(C(=O)O)c1N. The molecule has 4 nitrogen and oxygen atoms in total. The first kappa shape index (κ1) is 9.36. The van der Waals surface area contributed by atoms with Crippen LogP contribution in [0.4, 0.5) is 5.69 Å². The fourth-order valence-corrected chi connectivity index (χ4v) is 1.15. The zero-order valence-electron chi connectivity index (χ0n) is 6.41. The van der Waals surface area contributed by atoms with E-state index in [0.29, 0.717) is 0 Å². The standard InChI is InChI=1S/C8H5ClN2O2/c9-5-2-1-4(3-10)7(11)6(5)8(12)13/h1-2H,11H2,(H,12,13). The van der Waals surface area contributed by atoms with Crippen LogP contribution < -0.4 is 5.73 Å². The molecule has 13 heavy (non-hydrogen) atoms. The molecule has 0 unspecified atom stereocenters. The Morgan fingerprint density at radius 3 is 2.69 bits per heavy atom. The molecule has 0 radical (unpaired) electrons. The van der Waals surface area contributed by atoms with E-state index in [0.717, 1.165) is 0 Å². The molecule has 0 aliphatic heterocycles. The minimum absolute atomic E-state index is 0.0315. The molecule has 0 amide bonds. The second-order valence-electron chi connectivity index (χ2n) is 2.30. The molecule has 1 rings (SSSR count). The van der Waals surface area contributed by atoms with Crippen molar-refractivity contribution in [2.24, 2.45) is 0 Å². The summed E-state index contributed by atoms with van der Waals surface area (Å²) in [7, 11) is 0. The van der Waals surface area contributed by atoms with Gasteiger partial charge in [0.25, 0.3) is 0 Å². The van der Waals surface area contributed by atoms with Crippen molar-refractivity contribution in [3.8, 4) is 6.07 Å². The van der Waals surface area contributed by atoms with Crippen molar-refractivity contribution >= 4 is 23.3 Å². The first-order valence-electron chi connectivity index (χ1n) is 3.29. The summed E-state index contributed by atoms with van der Waals surface area (Å²) < 4.78 is 0. The first-order chi connectivity index (χ1) is 6.07. The molecule has 66 valence electrons. The normalized spacial score (nSPS) is 9.23. The predicted octanol–water partition coefficient (Wildman–Crippen LogP) is 1.49. The van der Waals surface area contributed by atoms with Gasteiger partial charge in [-0.2, -0.15) is 5.26 Å². The molecule has 0 bridgehead atoms. The number of hydrogen-bond acceptors (Lipinski definition) is 3. The Bertz CT molecular complexity index is 409. The minimum atomic E-state index is -1.24. The van der Waals surface area contributed by atoms with Gasteiger partial charge in [-0.15, -0.1) is 0 Å². The lowest BCUT2D eigenvalue weighted by molar-refractivity contribution is 0.0698. The highest BCUT2D eigenvalue weighted by Gasteiger charge is 2.15. The van der Waals surface area contributed by atoms with Gasteiger partial charge < -0.3 is 10.8 Å². The zero-order chi connectivity index (χ0) is 10.0. The zero-order valence-corrected chi connectivity index (χ0v) is 7.17. The van der Waals surface area contributed by atoms with Gasteiger partial charge in [0.2, 0.25) is 0 Å². The second-order valence-corrected chi connectivity index (χ2v) is 2.71. The summed E-state index contributed by atoms with van der Waals surface area (Å²) in [6, 6.07) is 4.48. The molecule has 0 saturated carbocycles. The summed E-state index contributed by atoms with van der Waals surface area (Å²) in [5, 5.41) is 17.3. The number of nitrogen functional groups attached to an aromatic ring is 1. The third kappa shape index (κ3) is 1.55. The van der Waals surface area contributed by atoms with Gasteiger partial charge in [0.15, 0.2) is 0 Å². The smallest absolute Gasteiger partial charge is 0.339 e. The van der Waals surface area contributed by atoms with Crippen LogP contribution in [0.5, 0.6) is 0 Å². The summed E-state index contributed by atoms with van der Waals surface area (Å²) in [4.78, 5) is 10.6. The molecule has 1 aromatic carbocycles. The topological polar surface area (TPSA) is 87.1 Å². The van der Waals surface area contributed by atoms with Crippen LogP contribution in [0.25, 0.3) is 0 Å². The number of nitrogens with zero attached hydrogens (tertiary/aromatic N) is 1. The van der Waals surface area contributed by atoms with Crippen molar-refractivity contribution in [2.45, 2.75) is 0 Å². The van der Waals surface area contributed by atoms with Crippen molar-refractivity contribution in [1.29, 1.82) is 5.26 Å². The number of nitriles is 1. The molecule has 0 fully saturated rings. The number of benzene rings is 1. The van der Waals surface area contributed by atoms with Crippen LogP contribution in [0.15, 0.2) is 12.1 Å². The number of halogens is 1. The van der Waals surface area contributed by atoms with E-state index >= 15 is 0 Å². The number of carbonyl (C=O) groups is 1. The van der Waals surface area contributed by atoms with E-state index in [9.17, 15) is 4.79 Å². The van der Waals surface area contributed by atoms with Crippen molar-refractivity contribution in [3.63, 3.8) is 0 Å². The number of carboxylic acids is 1. The van der Waals surface area contributed by atoms with Crippen molar-refractivity contribution < 1.29 is 9.90 Å². The van der Waals surface area contributed by atoms with Gasteiger partial charge in [0, 0.05) is 0 Å². The fraction of sp³-hybridized carbons (Fsp3) is 0. The number of rotatable bonds is 1. The summed E-state index contributed by atoms with van der Waals surface area (Å²) in [6.45, 7) is 0. The summed E-state index contributed by atoms with van der Waals surface area (Å²) >= 11 is 5.58. The van der Waals surface area contributed by atoms with E-state index in [1.54, 1.807) is 6.07 Å². The van der Waals surface area contributed by atoms with E-state index in [1.165, 1.54) is 12.1 Å². The lowest BCUT2D eigenvalue weighted by atomic mass is 10.1. The Hall–Kier alpha value is -1.73. The van der Waals surface area contributed by atoms with E-state index in [-0.39, 0.29) is 21.8 Å². The quantitative estimate of drug-likeness (QED) is 0.667. The fourth-order valence-electron chi connectivity index (χ4n) is 0.908. The molecule has 3 N–H and O–H groups in total. The Labute approximate surface area is 79.2 Å². The van der Waals surface area contributed by atoms with Crippen LogP contribution in [0, 0.1) is 11.3 Å². The van der Waals surface area contributed by atoms with Gasteiger partial charge in [-0.1, -0.05) is 11.6 Å². The minimum Gasteiger partial charge on any atom is -0.478 e. The summed E-state index contributed by atoms with van der Waals surface area (Å²) in [5.41, 5.74) is 5.20. The molecule has 0 spiro atoms. The lowest BCUT2D eigenvalue weighted by Gasteiger charge is -2.03. The van der Waals surface area contributed by atoms with Crippen molar-refractivity contribution in [2.75, 3.05) is 5.73 Å². The molecular formula is C8H5ClN2O2. The Morgan fingerprint density at radius 2 is 2.23 bits per heavy atom. The number of aromatic carboxylic acids is 1. The van der Waals surface area contributed by atoms with E-state index in [4.69, 9.17) is 27.7 Å².